The maximum absolute atomic E-state index is 2.19. The van der Waals surface area contributed by atoms with Crippen molar-refractivity contribution in [2.75, 3.05) is 0 Å². The summed E-state index contributed by atoms with van der Waals surface area (Å²) in [6, 6.07) is 17.4. The molecular formula is C20H22N2+2. The second kappa shape index (κ2) is 5.72. The number of pyridine rings is 2. The summed E-state index contributed by atoms with van der Waals surface area (Å²) in [5.74, 6) is 0. The molecule has 2 nitrogen and oxygen atoms in total. The van der Waals surface area contributed by atoms with Gasteiger partial charge >= 0.3 is 0 Å². The largest absolute Gasteiger partial charge is 0.205 e. The zero-order valence-corrected chi connectivity index (χ0v) is 13.7. The number of nitrogens with zero attached hydrogens (tertiary/aromatic N) is 2. The molecule has 0 amide bonds. The summed E-state index contributed by atoms with van der Waals surface area (Å²) < 4.78 is 4.31. The number of benzene rings is 1. The Kier molecular flexibility index (Phi) is 3.76. The number of aryl methyl sites for hydroxylation is 4. The molecule has 0 fully saturated rings. The van der Waals surface area contributed by atoms with Gasteiger partial charge in [-0.15, -0.1) is 0 Å². The van der Waals surface area contributed by atoms with E-state index in [2.05, 4.69) is 98.0 Å². The second-order valence-electron chi connectivity index (χ2n) is 5.92. The van der Waals surface area contributed by atoms with E-state index in [4.69, 9.17) is 0 Å². The third-order valence-electron chi connectivity index (χ3n) is 4.34. The number of aromatic nitrogens is 2. The number of rotatable bonds is 2. The molecular weight excluding hydrogens is 268 g/mol. The lowest BCUT2D eigenvalue weighted by atomic mass is 10.0. The van der Waals surface area contributed by atoms with E-state index in [0.717, 1.165) is 0 Å². The quantitative estimate of drug-likeness (QED) is 0.640. The summed E-state index contributed by atoms with van der Waals surface area (Å²) in [5.41, 5.74) is 7.50. The Morgan fingerprint density at radius 2 is 0.818 bits per heavy atom. The van der Waals surface area contributed by atoms with Crippen LogP contribution in [0, 0.1) is 13.8 Å². The first kappa shape index (κ1) is 14.5. The summed E-state index contributed by atoms with van der Waals surface area (Å²) in [7, 11) is 4.17. The maximum atomic E-state index is 2.19. The van der Waals surface area contributed by atoms with Crippen molar-refractivity contribution in [3.63, 3.8) is 0 Å². The molecule has 2 heterocycles. The van der Waals surface area contributed by atoms with E-state index in [0.29, 0.717) is 0 Å². The highest BCUT2D eigenvalue weighted by atomic mass is 14.9. The van der Waals surface area contributed by atoms with Crippen LogP contribution < -0.4 is 9.13 Å². The van der Waals surface area contributed by atoms with E-state index in [1.807, 2.05) is 0 Å². The summed E-state index contributed by atoms with van der Waals surface area (Å²) in [6.45, 7) is 4.23. The minimum Gasteiger partial charge on any atom is -0.205 e. The average Bonchev–Trinajstić information content (AvgIpc) is 2.53. The van der Waals surface area contributed by atoms with Gasteiger partial charge in [0.15, 0.2) is 23.8 Å². The van der Waals surface area contributed by atoms with Gasteiger partial charge in [0, 0.05) is 37.1 Å². The van der Waals surface area contributed by atoms with Crippen molar-refractivity contribution >= 4 is 0 Å². The zero-order chi connectivity index (χ0) is 15.7. The Balaban J connectivity index is 1.95. The normalized spacial score (nSPS) is 10.7. The molecule has 1 aromatic carbocycles. The smallest absolute Gasteiger partial charge is 0.177 e. The van der Waals surface area contributed by atoms with E-state index in [1.54, 1.807) is 0 Å². The SMILES string of the molecule is Cc1ccc(-c2ccc(-c3ccc(C)[n+](C)c3)cc2)c[n+]1C. The molecule has 22 heavy (non-hydrogen) atoms. The van der Waals surface area contributed by atoms with E-state index in [9.17, 15) is 0 Å². The molecule has 3 rings (SSSR count). The first-order chi connectivity index (χ1) is 10.5. The molecule has 0 saturated carbocycles. The number of hydrogen-bond donors (Lipinski definition) is 0. The van der Waals surface area contributed by atoms with E-state index in [-0.39, 0.29) is 0 Å². The maximum Gasteiger partial charge on any atom is 0.177 e. The molecule has 0 atom stereocenters. The topological polar surface area (TPSA) is 7.76 Å². The van der Waals surface area contributed by atoms with Crippen LogP contribution in [0.3, 0.4) is 0 Å². The van der Waals surface area contributed by atoms with Crippen molar-refractivity contribution in [3.8, 4) is 22.3 Å². The molecule has 0 aliphatic rings. The minimum atomic E-state index is 1.24. The summed E-state index contributed by atoms with van der Waals surface area (Å²) in [5, 5.41) is 0. The van der Waals surface area contributed by atoms with Gasteiger partial charge in [-0.05, 0) is 23.3 Å². The molecule has 0 unspecified atom stereocenters. The van der Waals surface area contributed by atoms with Gasteiger partial charge in [0.05, 0.1) is 0 Å². The predicted octanol–water partition coefficient (Wildman–Crippen LogP) is 3.29. The van der Waals surface area contributed by atoms with Crippen LogP contribution >= 0.6 is 0 Å². The van der Waals surface area contributed by atoms with Crippen molar-refractivity contribution in [3.05, 3.63) is 72.3 Å². The molecule has 0 spiro atoms. The van der Waals surface area contributed by atoms with E-state index in [1.165, 1.54) is 33.6 Å². The fraction of sp³-hybridized carbons (Fsp3) is 0.200. The van der Waals surface area contributed by atoms with Crippen molar-refractivity contribution in [2.45, 2.75) is 13.8 Å². The van der Waals surface area contributed by atoms with Crippen LogP contribution in [0.15, 0.2) is 60.9 Å². The van der Waals surface area contributed by atoms with Crippen LogP contribution in [0.2, 0.25) is 0 Å². The molecule has 0 aliphatic carbocycles. The predicted molar refractivity (Wildman–Crippen MR) is 89.1 cm³/mol. The highest BCUT2D eigenvalue weighted by Crippen LogP contribution is 2.23. The van der Waals surface area contributed by atoms with Crippen molar-refractivity contribution < 1.29 is 9.13 Å². The highest BCUT2D eigenvalue weighted by Gasteiger charge is 2.08. The average molecular weight is 290 g/mol. The van der Waals surface area contributed by atoms with Gasteiger partial charge in [0.1, 0.15) is 14.1 Å². The summed E-state index contributed by atoms with van der Waals surface area (Å²) >= 11 is 0. The Bertz CT molecular complexity index is 747. The fourth-order valence-electron chi connectivity index (χ4n) is 2.56. The van der Waals surface area contributed by atoms with E-state index >= 15 is 0 Å². The monoisotopic (exact) mass is 290 g/mol. The van der Waals surface area contributed by atoms with Crippen LogP contribution in [0.4, 0.5) is 0 Å². The lowest BCUT2D eigenvalue weighted by molar-refractivity contribution is -0.677. The molecule has 0 aliphatic heterocycles. The Morgan fingerprint density at radius 1 is 0.500 bits per heavy atom. The second-order valence-corrected chi connectivity index (χ2v) is 5.92. The van der Waals surface area contributed by atoms with Crippen molar-refractivity contribution in [1.82, 2.24) is 0 Å². The molecule has 0 saturated heterocycles. The molecule has 0 bridgehead atoms. The first-order valence-corrected chi connectivity index (χ1v) is 7.58. The van der Waals surface area contributed by atoms with Crippen LogP contribution in [-0.2, 0) is 14.1 Å². The van der Waals surface area contributed by atoms with Crippen LogP contribution in [-0.4, -0.2) is 0 Å². The number of hydrogen-bond acceptors (Lipinski definition) is 0. The minimum absolute atomic E-state index is 1.24. The van der Waals surface area contributed by atoms with Crippen molar-refractivity contribution in [1.29, 1.82) is 0 Å². The van der Waals surface area contributed by atoms with Crippen molar-refractivity contribution in [2.24, 2.45) is 14.1 Å². The summed E-state index contributed by atoms with van der Waals surface area (Å²) in [4.78, 5) is 0. The van der Waals surface area contributed by atoms with Gasteiger partial charge in [-0.3, -0.25) is 0 Å². The lowest BCUT2D eigenvalue weighted by Crippen LogP contribution is -2.31. The van der Waals surface area contributed by atoms with E-state index < -0.39 is 0 Å². The van der Waals surface area contributed by atoms with Gasteiger partial charge in [0.2, 0.25) is 0 Å². The highest BCUT2D eigenvalue weighted by molar-refractivity contribution is 5.69. The fourth-order valence-corrected chi connectivity index (χ4v) is 2.56. The third-order valence-corrected chi connectivity index (χ3v) is 4.34. The third kappa shape index (κ3) is 2.77. The Hall–Kier alpha value is -2.48. The Labute approximate surface area is 132 Å². The van der Waals surface area contributed by atoms with Gasteiger partial charge in [0.25, 0.3) is 0 Å². The van der Waals surface area contributed by atoms with Gasteiger partial charge in [-0.2, -0.15) is 0 Å². The van der Waals surface area contributed by atoms with Crippen LogP contribution in [0.5, 0.6) is 0 Å². The lowest BCUT2D eigenvalue weighted by Gasteiger charge is -2.04. The molecule has 3 aromatic rings. The Morgan fingerprint density at radius 3 is 1.14 bits per heavy atom. The standard InChI is InChI=1S/C20H22N2/c1-15-5-7-19(13-21(15)3)17-9-11-18(12-10-17)20-8-6-16(2)22(4)14-20/h5-14H,1-4H3/q+2. The van der Waals surface area contributed by atoms with Gasteiger partial charge in [-0.1, -0.05) is 24.3 Å². The molecule has 2 heteroatoms. The molecule has 2 aromatic heterocycles. The zero-order valence-electron chi connectivity index (χ0n) is 13.7. The van der Waals surface area contributed by atoms with Gasteiger partial charge < -0.3 is 0 Å². The molecule has 110 valence electrons. The molecule has 0 radical (unpaired) electrons. The van der Waals surface area contributed by atoms with Gasteiger partial charge in [-0.25, -0.2) is 9.13 Å². The first-order valence-electron chi connectivity index (χ1n) is 7.58. The summed E-state index contributed by atoms with van der Waals surface area (Å²) in [6.07, 6.45) is 4.35. The molecule has 0 N–H and O–H groups in total. The van der Waals surface area contributed by atoms with Crippen LogP contribution in [0.1, 0.15) is 11.4 Å². The van der Waals surface area contributed by atoms with Crippen LogP contribution in [0.25, 0.3) is 22.3 Å².